The molecule has 4 rings (SSSR count). The van der Waals surface area contributed by atoms with Gasteiger partial charge in [-0.3, -0.25) is 4.79 Å². The Morgan fingerprint density at radius 1 is 1.31 bits per heavy atom. The summed E-state index contributed by atoms with van der Waals surface area (Å²) in [5.74, 6) is 0.0844. The van der Waals surface area contributed by atoms with E-state index >= 15 is 0 Å². The fourth-order valence-electron chi connectivity index (χ4n) is 3.73. The van der Waals surface area contributed by atoms with Gasteiger partial charge in [0.15, 0.2) is 0 Å². The van der Waals surface area contributed by atoms with Crippen molar-refractivity contribution in [3.63, 3.8) is 0 Å². The van der Waals surface area contributed by atoms with E-state index in [9.17, 15) is 9.90 Å². The highest BCUT2D eigenvalue weighted by molar-refractivity contribution is 5.69. The van der Waals surface area contributed by atoms with Crippen molar-refractivity contribution in [1.82, 2.24) is 15.5 Å². The monoisotopic (exact) mass is 394 g/mol. The maximum Gasteiger partial charge on any atom is 0.303 e. The lowest BCUT2D eigenvalue weighted by Gasteiger charge is -2.14. The van der Waals surface area contributed by atoms with E-state index in [4.69, 9.17) is 15.4 Å². The Morgan fingerprint density at radius 2 is 2.17 bits per heavy atom. The third-order valence-electron chi connectivity index (χ3n) is 5.17. The van der Waals surface area contributed by atoms with Gasteiger partial charge in [0, 0.05) is 23.6 Å². The van der Waals surface area contributed by atoms with Crippen LogP contribution in [0.5, 0.6) is 5.75 Å². The summed E-state index contributed by atoms with van der Waals surface area (Å²) in [5, 5.41) is 25.9. The second-order valence-corrected chi connectivity index (χ2v) is 7.11. The highest BCUT2D eigenvalue weighted by atomic mass is 16.5. The number of phenols is 1. The Bertz CT molecular complexity index is 1050. The van der Waals surface area contributed by atoms with Crippen molar-refractivity contribution in [2.45, 2.75) is 31.7 Å². The van der Waals surface area contributed by atoms with Crippen LogP contribution in [-0.2, 0) is 11.2 Å². The van der Waals surface area contributed by atoms with E-state index < -0.39 is 5.97 Å². The molecule has 8 nitrogen and oxygen atoms in total. The Morgan fingerprint density at radius 3 is 2.97 bits per heavy atom. The largest absolute Gasteiger partial charge is 0.506 e. The number of hydrogen-bond acceptors (Lipinski definition) is 7. The summed E-state index contributed by atoms with van der Waals surface area (Å²) in [7, 11) is 0. The van der Waals surface area contributed by atoms with Crippen LogP contribution in [0.3, 0.4) is 0 Å². The minimum absolute atomic E-state index is 0.0104. The van der Waals surface area contributed by atoms with Gasteiger partial charge in [-0.25, -0.2) is 0 Å². The number of hydrogen-bond donors (Lipinski definition) is 4. The van der Waals surface area contributed by atoms with Crippen molar-refractivity contribution in [3.05, 3.63) is 47.5 Å². The number of carbonyl (C=O) groups is 1. The van der Waals surface area contributed by atoms with Gasteiger partial charge in [0.25, 0.3) is 5.89 Å². The molecule has 1 atom stereocenters. The summed E-state index contributed by atoms with van der Waals surface area (Å²) < 4.78 is 5.42. The summed E-state index contributed by atoms with van der Waals surface area (Å²) in [6.07, 6.45) is 2.60. The van der Waals surface area contributed by atoms with Crippen LogP contribution in [-0.4, -0.2) is 32.9 Å². The zero-order valence-electron chi connectivity index (χ0n) is 15.8. The fourth-order valence-corrected chi connectivity index (χ4v) is 3.73. The molecule has 1 aromatic heterocycles. The fraction of sp³-hybridized carbons (Fsp3) is 0.286. The van der Waals surface area contributed by atoms with Crippen molar-refractivity contribution in [2.24, 2.45) is 0 Å². The van der Waals surface area contributed by atoms with Crippen LogP contribution in [0.4, 0.5) is 5.69 Å². The molecule has 5 N–H and O–H groups in total. The van der Waals surface area contributed by atoms with E-state index in [1.54, 1.807) is 12.1 Å². The van der Waals surface area contributed by atoms with Gasteiger partial charge in [-0.15, -0.1) is 0 Å². The van der Waals surface area contributed by atoms with E-state index in [0.29, 0.717) is 30.2 Å². The van der Waals surface area contributed by atoms with Crippen molar-refractivity contribution in [2.75, 3.05) is 12.3 Å². The van der Waals surface area contributed by atoms with Crippen molar-refractivity contribution < 1.29 is 19.5 Å². The summed E-state index contributed by atoms with van der Waals surface area (Å²) in [6, 6.07) is 11.0. The normalized spacial score (nSPS) is 15.4. The highest BCUT2D eigenvalue weighted by Gasteiger charge is 2.26. The average Bonchev–Trinajstić information content (AvgIpc) is 3.34. The second kappa shape index (κ2) is 7.92. The SMILES string of the molecule is Nc1cc(-c2nc(-c3cccc4c3CC[C@@H]4NCCCC(=O)O)no2)ccc1O. The first-order valence-electron chi connectivity index (χ1n) is 9.53. The van der Waals surface area contributed by atoms with Crippen molar-refractivity contribution in [1.29, 1.82) is 0 Å². The molecule has 0 saturated carbocycles. The molecule has 2 aromatic carbocycles. The van der Waals surface area contributed by atoms with Crippen LogP contribution in [0.2, 0.25) is 0 Å². The van der Waals surface area contributed by atoms with E-state index in [-0.39, 0.29) is 23.9 Å². The van der Waals surface area contributed by atoms with Crippen LogP contribution in [0.15, 0.2) is 40.9 Å². The first-order valence-corrected chi connectivity index (χ1v) is 9.53. The van der Waals surface area contributed by atoms with Crippen LogP contribution < -0.4 is 11.1 Å². The van der Waals surface area contributed by atoms with Gasteiger partial charge < -0.3 is 25.8 Å². The number of nitrogens with one attached hydrogen (secondary N) is 1. The maximum atomic E-state index is 10.7. The third-order valence-corrected chi connectivity index (χ3v) is 5.17. The van der Waals surface area contributed by atoms with Crippen LogP contribution in [0.1, 0.15) is 36.4 Å². The third kappa shape index (κ3) is 3.93. The molecular weight excluding hydrogens is 372 g/mol. The predicted molar refractivity (Wildman–Crippen MR) is 107 cm³/mol. The van der Waals surface area contributed by atoms with Gasteiger partial charge in [-0.2, -0.15) is 4.98 Å². The molecular formula is C21H22N4O4. The van der Waals surface area contributed by atoms with Crippen LogP contribution >= 0.6 is 0 Å². The molecule has 1 aliphatic rings. The standard InChI is InChI=1S/C21H22N4O4/c22-16-11-12(6-9-18(16)26)21-24-20(25-29-21)15-4-1-3-14-13(15)7-8-17(14)23-10-2-5-19(27)28/h1,3-4,6,9,11,17,23,26H,2,5,7-8,10,22H2,(H,27,28)/t17-/m0/s1. The molecule has 3 aromatic rings. The molecule has 0 amide bonds. The first kappa shape index (κ1) is 18.9. The average molecular weight is 394 g/mol. The van der Waals surface area contributed by atoms with Gasteiger partial charge in [0.2, 0.25) is 5.82 Å². The number of rotatable bonds is 7. The lowest BCUT2D eigenvalue weighted by molar-refractivity contribution is -0.137. The Hall–Kier alpha value is -3.39. The van der Waals surface area contributed by atoms with Crippen molar-refractivity contribution >= 4 is 11.7 Å². The quantitative estimate of drug-likeness (QED) is 0.273. The summed E-state index contributed by atoms with van der Waals surface area (Å²) >= 11 is 0. The zero-order valence-corrected chi connectivity index (χ0v) is 15.8. The molecule has 8 heteroatoms. The number of aliphatic carboxylic acids is 1. The Kier molecular flexibility index (Phi) is 5.18. The van der Waals surface area contributed by atoms with Gasteiger partial charge in [0.05, 0.1) is 5.69 Å². The minimum atomic E-state index is -0.774. The number of nitrogens with zero attached hydrogens (tertiary/aromatic N) is 2. The Labute approximate surface area is 167 Å². The molecule has 0 spiro atoms. The van der Waals surface area contributed by atoms with Gasteiger partial charge in [-0.05, 0) is 55.1 Å². The predicted octanol–water partition coefficient (Wildman–Crippen LogP) is 3.13. The number of carboxylic acids is 1. The molecule has 150 valence electrons. The Balaban J connectivity index is 1.54. The number of nitrogens with two attached hydrogens (primary N) is 1. The van der Waals surface area contributed by atoms with Crippen LogP contribution in [0, 0.1) is 0 Å². The number of phenolic OH excluding ortho intramolecular Hbond substituents is 1. The molecule has 29 heavy (non-hydrogen) atoms. The lowest BCUT2D eigenvalue weighted by Crippen LogP contribution is -2.21. The molecule has 0 unspecified atom stereocenters. The van der Waals surface area contributed by atoms with E-state index in [1.165, 1.54) is 17.2 Å². The van der Waals surface area contributed by atoms with E-state index in [0.717, 1.165) is 18.4 Å². The number of aromatic nitrogens is 2. The van der Waals surface area contributed by atoms with Crippen molar-refractivity contribution in [3.8, 4) is 28.6 Å². The highest BCUT2D eigenvalue weighted by Crippen LogP contribution is 2.37. The molecule has 1 aliphatic carbocycles. The number of fused-ring (bicyclic) bond motifs is 1. The summed E-state index contributed by atoms with van der Waals surface area (Å²) in [4.78, 5) is 15.2. The molecule has 0 aliphatic heterocycles. The smallest absolute Gasteiger partial charge is 0.303 e. The summed E-state index contributed by atoms with van der Waals surface area (Å²) in [6.45, 7) is 0.662. The number of carboxylic acid groups (broad SMARTS) is 1. The van der Waals surface area contributed by atoms with E-state index in [1.807, 2.05) is 12.1 Å². The second-order valence-electron chi connectivity index (χ2n) is 7.11. The summed E-state index contributed by atoms with van der Waals surface area (Å²) in [5.41, 5.74) is 9.95. The number of anilines is 1. The molecule has 0 radical (unpaired) electrons. The van der Waals surface area contributed by atoms with Gasteiger partial charge in [0.1, 0.15) is 5.75 Å². The molecule has 1 heterocycles. The zero-order chi connectivity index (χ0) is 20.4. The topological polar surface area (TPSA) is 134 Å². The maximum absolute atomic E-state index is 10.7. The van der Waals surface area contributed by atoms with Gasteiger partial charge >= 0.3 is 5.97 Å². The first-order chi connectivity index (χ1) is 14.0. The lowest BCUT2D eigenvalue weighted by atomic mass is 10.0. The molecule has 0 fully saturated rings. The number of nitrogen functional groups attached to an aromatic ring is 1. The minimum Gasteiger partial charge on any atom is -0.506 e. The number of aromatic hydroxyl groups is 1. The van der Waals surface area contributed by atoms with Crippen LogP contribution in [0.25, 0.3) is 22.8 Å². The van der Waals surface area contributed by atoms with Gasteiger partial charge in [-0.1, -0.05) is 23.4 Å². The molecule has 0 saturated heterocycles. The molecule has 0 bridgehead atoms. The van der Waals surface area contributed by atoms with E-state index in [2.05, 4.69) is 21.5 Å². The number of benzene rings is 2.